The molecule has 0 aromatic heterocycles. The molecular weight excluding hydrogens is 304 g/mol. The van der Waals surface area contributed by atoms with Crippen LogP contribution >= 0.6 is 0 Å². The fraction of sp³-hybridized carbons (Fsp3) is 0.611. The molecule has 2 rings (SSSR count). The first kappa shape index (κ1) is 18.5. The first-order valence-electron chi connectivity index (χ1n) is 8.77. The molecule has 0 aliphatic carbocycles. The van der Waals surface area contributed by atoms with E-state index >= 15 is 0 Å². The fourth-order valence-corrected chi connectivity index (χ4v) is 2.58. The lowest BCUT2D eigenvalue weighted by atomic mass is 10.2. The Balaban J connectivity index is 1.72. The van der Waals surface area contributed by atoms with E-state index in [1.807, 2.05) is 6.92 Å². The minimum atomic E-state index is 0.758. The van der Waals surface area contributed by atoms with Gasteiger partial charge < -0.3 is 25.0 Å². The Labute approximate surface area is 145 Å². The van der Waals surface area contributed by atoms with Crippen LogP contribution in [0.3, 0.4) is 0 Å². The lowest BCUT2D eigenvalue weighted by Gasteiger charge is -2.28. The van der Waals surface area contributed by atoms with Gasteiger partial charge >= 0.3 is 0 Å². The van der Waals surface area contributed by atoms with Gasteiger partial charge in [-0.15, -0.1) is 0 Å². The lowest BCUT2D eigenvalue weighted by Crippen LogP contribution is -2.37. The molecule has 0 saturated carbocycles. The summed E-state index contributed by atoms with van der Waals surface area (Å²) in [4.78, 5) is 6.60. The number of nitrogens with zero attached hydrogens (tertiary/aromatic N) is 2. The number of ether oxygens (including phenoxy) is 2. The molecule has 1 heterocycles. The van der Waals surface area contributed by atoms with E-state index in [0.717, 1.165) is 65.0 Å². The Morgan fingerprint density at radius 3 is 2.62 bits per heavy atom. The zero-order chi connectivity index (χ0) is 17.0. The SMILES string of the molecule is CCOCCCNC(=NC)NCc1ccc(N2CCOCC2)cc1. The summed E-state index contributed by atoms with van der Waals surface area (Å²) in [6, 6.07) is 8.70. The lowest BCUT2D eigenvalue weighted by molar-refractivity contribution is 0.122. The molecule has 6 nitrogen and oxygen atoms in total. The molecule has 1 saturated heterocycles. The zero-order valence-corrected chi connectivity index (χ0v) is 14.9. The average Bonchev–Trinajstić information content (AvgIpc) is 2.65. The highest BCUT2D eigenvalue weighted by atomic mass is 16.5. The molecule has 0 spiro atoms. The van der Waals surface area contributed by atoms with Crippen molar-refractivity contribution in [2.45, 2.75) is 19.9 Å². The Bertz CT molecular complexity index is 484. The van der Waals surface area contributed by atoms with E-state index in [1.165, 1.54) is 11.3 Å². The Kier molecular flexibility index (Phi) is 8.41. The van der Waals surface area contributed by atoms with Crippen molar-refractivity contribution >= 4 is 11.6 Å². The van der Waals surface area contributed by atoms with Crippen LogP contribution in [0.1, 0.15) is 18.9 Å². The third-order valence-electron chi connectivity index (χ3n) is 3.96. The molecule has 24 heavy (non-hydrogen) atoms. The second kappa shape index (κ2) is 10.9. The number of guanidine groups is 1. The number of benzene rings is 1. The van der Waals surface area contributed by atoms with Gasteiger partial charge in [-0.3, -0.25) is 4.99 Å². The third-order valence-corrected chi connectivity index (χ3v) is 3.96. The number of aliphatic imine (C=N–C) groups is 1. The minimum Gasteiger partial charge on any atom is -0.382 e. The maximum atomic E-state index is 5.40. The normalized spacial score (nSPS) is 15.4. The molecule has 6 heteroatoms. The van der Waals surface area contributed by atoms with Gasteiger partial charge in [-0.25, -0.2) is 0 Å². The van der Waals surface area contributed by atoms with Gasteiger partial charge in [0.15, 0.2) is 5.96 Å². The summed E-state index contributed by atoms with van der Waals surface area (Å²) in [5.74, 6) is 0.823. The Morgan fingerprint density at radius 1 is 1.21 bits per heavy atom. The summed E-state index contributed by atoms with van der Waals surface area (Å²) in [6.07, 6.45) is 0.975. The van der Waals surface area contributed by atoms with E-state index in [-0.39, 0.29) is 0 Å². The number of morpholine rings is 1. The number of hydrogen-bond acceptors (Lipinski definition) is 4. The number of nitrogens with one attached hydrogen (secondary N) is 2. The maximum absolute atomic E-state index is 5.40. The predicted molar refractivity (Wildman–Crippen MR) is 98.8 cm³/mol. The highest BCUT2D eigenvalue weighted by Gasteiger charge is 2.10. The predicted octanol–water partition coefficient (Wildman–Crippen LogP) is 1.61. The van der Waals surface area contributed by atoms with Gasteiger partial charge in [0.05, 0.1) is 13.2 Å². The van der Waals surface area contributed by atoms with E-state index in [1.54, 1.807) is 7.05 Å². The van der Waals surface area contributed by atoms with Crippen LogP contribution in [-0.4, -0.2) is 59.1 Å². The summed E-state index contributed by atoms with van der Waals surface area (Å²) >= 11 is 0. The molecule has 1 aromatic rings. The number of rotatable bonds is 8. The van der Waals surface area contributed by atoms with Gasteiger partial charge in [-0.1, -0.05) is 12.1 Å². The summed E-state index contributed by atoms with van der Waals surface area (Å²) in [5.41, 5.74) is 2.50. The van der Waals surface area contributed by atoms with E-state index < -0.39 is 0 Å². The van der Waals surface area contributed by atoms with Crippen molar-refractivity contribution in [3.05, 3.63) is 29.8 Å². The van der Waals surface area contributed by atoms with Crippen molar-refractivity contribution < 1.29 is 9.47 Å². The van der Waals surface area contributed by atoms with Gasteiger partial charge in [0.25, 0.3) is 0 Å². The summed E-state index contributed by atoms with van der Waals surface area (Å²) in [6.45, 7) is 8.74. The molecule has 0 amide bonds. The molecule has 1 aliphatic heterocycles. The van der Waals surface area contributed by atoms with Crippen LogP contribution in [0.25, 0.3) is 0 Å². The Hall–Kier alpha value is -1.79. The quantitative estimate of drug-likeness (QED) is 0.430. The topological polar surface area (TPSA) is 58.1 Å². The number of anilines is 1. The molecule has 1 aromatic carbocycles. The average molecular weight is 334 g/mol. The van der Waals surface area contributed by atoms with Gasteiger partial charge in [-0.05, 0) is 31.0 Å². The van der Waals surface area contributed by atoms with Crippen molar-refractivity contribution in [1.82, 2.24) is 10.6 Å². The van der Waals surface area contributed by atoms with E-state index in [2.05, 4.69) is 44.8 Å². The van der Waals surface area contributed by atoms with Crippen molar-refractivity contribution in [1.29, 1.82) is 0 Å². The van der Waals surface area contributed by atoms with Gasteiger partial charge in [0, 0.05) is 52.1 Å². The molecule has 0 radical (unpaired) electrons. The maximum Gasteiger partial charge on any atom is 0.191 e. The Morgan fingerprint density at radius 2 is 1.96 bits per heavy atom. The molecule has 1 fully saturated rings. The molecule has 2 N–H and O–H groups in total. The third kappa shape index (κ3) is 6.37. The molecule has 0 bridgehead atoms. The monoisotopic (exact) mass is 334 g/mol. The standard InChI is InChI=1S/C18H30N4O2/c1-3-23-12-4-9-20-18(19-2)21-15-16-5-7-17(8-6-16)22-10-13-24-14-11-22/h5-8H,3-4,9-15H2,1-2H3,(H2,19,20,21). The van der Waals surface area contributed by atoms with Gasteiger partial charge in [0.1, 0.15) is 0 Å². The highest BCUT2D eigenvalue weighted by molar-refractivity contribution is 5.79. The van der Waals surface area contributed by atoms with E-state index in [4.69, 9.17) is 9.47 Å². The minimum absolute atomic E-state index is 0.758. The van der Waals surface area contributed by atoms with Crippen LogP contribution in [0.4, 0.5) is 5.69 Å². The summed E-state index contributed by atoms with van der Waals surface area (Å²) < 4.78 is 10.7. The molecule has 1 aliphatic rings. The molecular formula is C18H30N4O2. The van der Waals surface area contributed by atoms with Crippen LogP contribution in [0.2, 0.25) is 0 Å². The van der Waals surface area contributed by atoms with Crippen LogP contribution in [0.15, 0.2) is 29.3 Å². The van der Waals surface area contributed by atoms with Crippen LogP contribution in [0, 0.1) is 0 Å². The highest BCUT2D eigenvalue weighted by Crippen LogP contribution is 2.16. The molecule has 0 unspecified atom stereocenters. The first-order chi connectivity index (χ1) is 11.8. The first-order valence-corrected chi connectivity index (χ1v) is 8.77. The van der Waals surface area contributed by atoms with Crippen molar-refractivity contribution in [3.8, 4) is 0 Å². The summed E-state index contributed by atoms with van der Waals surface area (Å²) in [7, 11) is 1.79. The smallest absolute Gasteiger partial charge is 0.191 e. The summed E-state index contributed by atoms with van der Waals surface area (Å²) in [5, 5.41) is 6.64. The van der Waals surface area contributed by atoms with Gasteiger partial charge in [0.2, 0.25) is 0 Å². The second-order valence-corrected chi connectivity index (χ2v) is 5.67. The number of hydrogen-bond donors (Lipinski definition) is 2. The van der Waals surface area contributed by atoms with Crippen molar-refractivity contribution in [2.24, 2.45) is 4.99 Å². The van der Waals surface area contributed by atoms with Crippen molar-refractivity contribution in [3.63, 3.8) is 0 Å². The van der Waals surface area contributed by atoms with Crippen LogP contribution < -0.4 is 15.5 Å². The molecule has 134 valence electrons. The molecule has 0 atom stereocenters. The van der Waals surface area contributed by atoms with E-state index in [0.29, 0.717) is 0 Å². The van der Waals surface area contributed by atoms with Gasteiger partial charge in [-0.2, -0.15) is 0 Å². The van der Waals surface area contributed by atoms with E-state index in [9.17, 15) is 0 Å². The second-order valence-electron chi connectivity index (χ2n) is 5.67. The van der Waals surface area contributed by atoms with Crippen LogP contribution in [0.5, 0.6) is 0 Å². The van der Waals surface area contributed by atoms with Crippen molar-refractivity contribution in [2.75, 3.05) is 58.0 Å². The largest absolute Gasteiger partial charge is 0.382 e. The fourth-order valence-electron chi connectivity index (χ4n) is 2.58. The zero-order valence-electron chi connectivity index (χ0n) is 14.9. The van der Waals surface area contributed by atoms with Crippen LogP contribution in [-0.2, 0) is 16.0 Å².